The second kappa shape index (κ2) is 5.67. The van der Waals surface area contributed by atoms with Crippen molar-refractivity contribution in [3.05, 3.63) is 35.5 Å². The lowest BCUT2D eigenvalue weighted by molar-refractivity contribution is -0.122. The van der Waals surface area contributed by atoms with E-state index < -0.39 is 10.0 Å². The van der Waals surface area contributed by atoms with E-state index in [0.717, 1.165) is 5.69 Å². The van der Waals surface area contributed by atoms with Crippen LogP contribution in [0.2, 0.25) is 0 Å². The van der Waals surface area contributed by atoms with Crippen LogP contribution in [0.1, 0.15) is 11.3 Å². The van der Waals surface area contributed by atoms with Gasteiger partial charge in [0.15, 0.2) is 5.76 Å². The number of nitrogens with one attached hydrogen (secondary N) is 1. The molecule has 3 heterocycles. The van der Waals surface area contributed by atoms with Crippen LogP contribution >= 0.6 is 0 Å². The van der Waals surface area contributed by atoms with Gasteiger partial charge in [-0.2, -0.15) is 4.31 Å². The summed E-state index contributed by atoms with van der Waals surface area (Å²) < 4.78 is 32.9. The molecule has 2 fully saturated rings. The maximum atomic E-state index is 13.1. The van der Waals surface area contributed by atoms with Crippen LogP contribution < -0.4 is 5.32 Å². The average Bonchev–Trinajstić information content (AvgIpc) is 3.26. The third-order valence-electron chi connectivity index (χ3n) is 5.00. The highest BCUT2D eigenvalue weighted by atomic mass is 32.2. The first-order valence-corrected chi connectivity index (χ1v) is 9.62. The lowest BCUT2D eigenvalue weighted by Gasteiger charge is -2.19. The van der Waals surface area contributed by atoms with E-state index in [2.05, 4.69) is 10.5 Å². The smallest absolute Gasteiger partial charge is 0.243 e. The third kappa shape index (κ3) is 2.65. The molecule has 8 heteroatoms. The van der Waals surface area contributed by atoms with Crippen LogP contribution in [0.3, 0.4) is 0 Å². The molecule has 0 saturated carbocycles. The molecule has 0 radical (unpaired) electrons. The number of fused-ring (bicyclic) bond motifs is 1. The summed E-state index contributed by atoms with van der Waals surface area (Å²) >= 11 is 0. The van der Waals surface area contributed by atoms with E-state index in [-0.39, 0.29) is 29.2 Å². The zero-order valence-corrected chi connectivity index (χ0v) is 14.8. The monoisotopic (exact) mass is 361 g/mol. The van der Waals surface area contributed by atoms with Crippen LogP contribution in [-0.2, 0) is 14.8 Å². The number of carbonyl (C=O) groups excluding carboxylic acids is 1. The first-order valence-electron chi connectivity index (χ1n) is 8.18. The Morgan fingerprint density at radius 1 is 1.24 bits per heavy atom. The van der Waals surface area contributed by atoms with Crippen LogP contribution in [0.15, 0.2) is 33.7 Å². The second-order valence-corrected chi connectivity index (χ2v) is 8.65. The Balaban J connectivity index is 1.70. The van der Waals surface area contributed by atoms with Gasteiger partial charge in [0.1, 0.15) is 0 Å². The summed E-state index contributed by atoms with van der Waals surface area (Å²) in [7, 11) is -3.67. The topological polar surface area (TPSA) is 92.5 Å². The van der Waals surface area contributed by atoms with Gasteiger partial charge in [0.2, 0.25) is 15.9 Å². The molecule has 4 rings (SSSR count). The maximum Gasteiger partial charge on any atom is 0.243 e. The molecule has 0 bridgehead atoms. The Kier molecular flexibility index (Phi) is 3.69. The van der Waals surface area contributed by atoms with Crippen molar-refractivity contribution in [2.45, 2.75) is 18.7 Å². The van der Waals surface area contributed by atoms with Crippen LogP contribution in [0, 0.1) is 25.7 Å². The Hall–Kier alpha value is -2.19. The molecule has 1 aromatic heterocycles. The van der Waals surface area contributed by atoms with Crippen molar-refractivity contribution in [2.75, 3.05) is 19.6 Å². The van der Waals surface area contributed by atoms with Crippen molar-refractivity contribution < 1.29 is 17.7 Å². The van der Waals surface area contributed by atoms with Gasteiger partial charge in [-0.3, -0.25) is 4.79 Å². The summed E-state index contributed by atoms with van der Waals surface area (Å²) in [5.74, 6) is 0.301. The second-order valence-electron chi connectivity index (χ2n) is 6.75. The number of amides is 1. The summed E-state index contributed by atoms with van der Waals surface area (Å²) in [4.78, 5) is 12.1. The van der Waals surface area contributed by atoms with Crippen LogP contribution in [0.5, 0.6) is 0 Å². The SMILES string of the molecule is Cc1cc(-c2ccc(C)c(S(=O)(=O)N3C[C@@H]4CNC(=O)[C@@H]4C3)c2)on1. The minimum atomic E-state index is -3.67. The number of hydrogen-bond acceptors (Lipinski definition) is 5. The largest absolute Gasteiger partial charge is 0.356 e. The molecule has 0 spiro atoms. The number of hydrogen-bond donors (Lipinski definition) is 1. The highest BCUT2D eigenvalue weighted by molar-refractivity contribution is 7.89. The van der Waals surface area contributed by atoms with Crippen LogP contribution in [0.25, 0.3) is 11.3 Å². The quantitative estimate of drug-likeness (QED) is 0.890. The van der Waals surface area contributed by atoms with Gasteiger partial charge in [0, 0.05) is 37.2 Å². The fourth-order valence-electron chi connectivity index (χ4n) is 3.56. The maximum absolute atomic E-state index is 13.1. The lowest BCUT2D eigenvalue weighted by atomic mass is 10.0. The molecule has 7 nitrogen and oxygen atoms in total. The number of sulfonamides is 1. The summed E-state index contributed by atoms with van der Waals surface area (Å²) in [6, 6.07) is 6.98. The van der Waals surface area contributed by atoms with Crippen molar-refractivity contribution in [3.63, 3.8) is 0 Å². The molecule has 2 aliphatic heterocycles. The van der Waals surface area contributed by atoms with E-state index in [4.69, 9.17) is 4.52 Å². The lowest BCUT2D eigenvalue weighted by Crippen LogP contribution is -2.33. The van der Waals surface area contributed by atoms with Gasteiger partial charge in [-0.1, -0.05) is 17.3 Å². The standard InChI is InChI=1S/C17H19N3O4S/c1-10-3-4-12(15-5-11(2)19-24-15)6-16(10)25(22,23)20-8-13-7-18-17(21)14(13)9-20/h3-6,13-14H,7-9H2,1-2H3,(H,18,21)/t13-,14+/m0/s1. The number of aromatic nitrogens is 1. The van der Waals surface area contributed by atoms with E-state index in [1.807, 2.05) is 13.0 Å². The normalized spacial score (nSPS) is 23.7. The van der Waals surface area contributed by atoms with Gasteiger partial charge in [-0.05, 0) is 25.5 Å². The summed E-state index contributed by atoms with van der Waals surface area (Å²) in [6.07, 6.45) is 0. The van der Waals surface area contributed by atoms with Crippen molar-refractivity contribution in [2.24, 2.45) is 11.8 Å². The Labute approximate surface area is 146 Å². The molecule has 1 aromatic carbocycles. The molecular formula is C17H19N3O4S. The van der Waals surface area contributed by atoms with Gasteiger partial charge in [0.05, 0.1) is 16.5 Å². The molecule has 0 unspecified atom stereocenters. The van der Waals surface area contributed by atoms with Gasteiger partial charge >= 0.3 is 0 Å². The highest BCUT2D eigenvalue weighted by Crippen LogP contribution is 2.34. The van der Waals surface area contributed by atoms with Gasteiger partial charge < -0.3 is 9.84 Å². The van der Waals surface area contributed by atoms with Gasteiger partial charge in [0.25, 0.3) is 0 Å². The summed E-state index contributed by atoms with van der Waals surface area (Å²) in [5.41, 5.74) is 2.07. The van der Waals surface area contributed by atoms with Gasteiger partial charge in [-0.25, -0.2) is 8.42 Å². The zero-order valence-electron chi connectivity index (χ0n) is 14.0. The molecule has 2 atom stereocenters. The van der Waals surface area contributed by atoms with E-state index in [0.29, 0.717) is 30.0 Å². The van der Waals surface area contributed by atoms with Crippen LogP contribution in [-0.4, -0.2) is 43.4 Å². The Morgan fingerprint density at radius 3 is 2.72 bits per heavy atom. The van der Waals surface area contributed by atoms with Crippen molar-refractivity contribution in [1.82, 2.24) is 14.8 Å². The highest BCUT2D eigenvalue weighted by Gasteiger charge is 2.46. The first kappa shape index (κ1) is 16.3. The Bertz CT molecular complexity index is 951. The minimum Gasteiger partial charge on any atom is -0.356 e. The van der Waals surface area contributed by atoms with E-state index in [9.17, 15) is 13.2 Å². The summed E-state index contributed by atoms with van der Waals surface area (Å²) in [6.45, 7) is 4.74. The van der Waals surface area contributed by atoms with E-state index in [1.165, 1.54) is 4.31 Å². The van der Waals surface area contributed by atoms with Crippen molar-refractivity contribution in [3.8, 4) is 11.3 Å². The van der Waals surface area contributed by atoms with E-state index in [1.54, 1.807) is 25.1 Å². The fraction of sp³-hybridized carbons (Fsp3) is 0.412. The fourth-order valence-corrected chi connectivity index (χ4v) is 5.34. The van der Waals surface area contributed by atoms with Crippen molar-refractivity contribution in [1.29, 1.82) is 0 Å². The number of carbonyl (C=O) groups is 1. The molecular weight excluding hydrogens is 342 g/mol. The molecule has 0 aliphatic carbocycles. The molecule has 132 valence electrons. The minimum absolute atomic E-state index is 0.0506. The third-order valence-corrected chi connectivity index (χ3v) is 6.97. The van der Waals surface area contributed by atoms with Gasteiger partial charge in [-0.15, -0.1) is 0 Å². The van der Waals surface area contributed by atoms with Crippen LogP contribution in [0.4, 0.5) is 0 Å². The number of aryl methyl sites for hydroxylation is 2. The molecule has 1 N–H and O–H groups in total. The molecule has 2 aromatic rings. The number of benzene rings is 1. The van der Waals surface area contributed by atoms with Crippen molar-refractivity contribution >= 4 is 15.9 Å². The number of nitrogens with zero attached hydrogens (tertiary/aromatic N) is 2. The zero-order chi connectivity index (χ0) is 17.8. The molecule has 2 aliphatic rings. The summed E-state index contributed by atoms with van der Waals surface area (Å²) in [5, 5.41) is 6.65. The molecule has 25 heavy (non-hydrogen) atoms. The number of rotatable bonds is 3. The predicted octanol–water partition coefficient (Wildman–Crippen LogP) is 1.32. The van der Waals surface area contributed by atoms with E-state index >= 15 is 0 Å². The molecule has 1 amide bonds. The Morgan fingerprint density at radius 2 is 2.04 bits per heavy atom. The molecule has 2 saturated heterocycles. The predicted molar refractivity (Wildman–Crippen MR) is 90.2 cm³/mol. The average molecular weight is 361 g/mol. The first-order chi connectivity index (χ1) is 11.9.